The smallest absolute Gasteiger partial charge is 0.252 e. The van der Waals surface area contributed by atoms with E-state index in [1.807, 2.05) is 0 Å². The van der Waals surface area contributed by atoms with Gasteiger partial charge in [-0.3, -0.25) is 4.79 Å². The van der Waals surface area contributed by atoms with E-state index in [1.165, 1.54) is 31.9 Å². The van der Waals surface area contributed by atoms with Crippen molar-refractivity contribution in [2.75, 3.05) is 6.54 Å². The molecule has 0 aromatic carbocycles. The molecule has 1 aromatic rings. The number of hydrogen-bond donors (Lipinski definition) is 1. The van der Waals surface area contributed by atoms with Gasteiger partial charge in [0.25, 0.3) is 5.91 Å². The number of nitrogens with zero attached hydrogens (tertiary/aromatic N) is 1. The van der Waals surface area contributed by atoms with Gasteiger partial charge in [-0.15, -0.1) is 0 Å². The van der Waals surface area contributed by atoms with Crippen molar-refractivity contribution in [2.24, 2.45) is 5.41 Å². The van der Waals surface area contributed by atoms with Gasteiger partial charge in [0.1, 0.15) is 5.15 Å². The van der Waals surface area contributed by atoms with Crippen LogP contribution >= 0.6 is 11.6 Å². The molecule has 3 nitrogen and oxygen atoms in total. The summed E-state index contributed by atoms with van der Waals surface area (Å²) >= 11 is 5.68. The van der Waals surface area contributed by atoms with Crippen LogP contribution in [-0.4, -0.2) is 17.4 Å². The van der Waals surface area contributed by atoms with Crippen LogP contribution in [0.2, 0.25) is 5.15 Å². The molecule has 1 aliphatic carbocycles. The normalized spacial score (nSPS) is 18.0. The van der Waals surface area contributed by atoms with Gasteiger partial charge in [0, 0.05) is 12.7 Å². The minimum absolute atomic E-state index is 0.0673. The summed E-state index contributed by atoms with van der Waals surface area (Å²) in [5.41, 5.74) is 0.839. The molecule has 1 N–H and O–H groups in total. The summed E-state index contributed by atoms with van der Waals surface area (Å²) in [6.45, 7) is 2.98. The van der Waals surface area contributed by atoms with Crippen molar-refractivity contribution < 1.29 is 4.79 Å². The van der Waals surface area contributed by atoms with E-state index in [9.17, 15) is 4.79 Å². The molecule has 0 aliphatic heterocycles. The highest BCUT2D eigenvalue weighted by molar-refractivity contribution is 6.29. The molecule has 2 rings (SSSR count). The third-order valence-corrected chi connectivity index (χ3v) is 3.70. The van der Waals surface area contributed by atoms with Gasteiger partial charge in [0.05, 0.1) is 5.56 Å². The highest BCUT2D eigenvalue weighted by Gasteiger charge is 2.28. The van der Waals surface area contributed by atoms with E-state index in [-0.39, 0.29) is 11.3 Å². The van der Waals surface area contributed by atoms with Crippen molar-refractivity contribution in [1.82, 2.24) is 10.3 Å². The molecule has 17 heavy (non-hydrogen) atoms. The number of carbonyl (C=O) groups is 1. The van der Waals surface area contributed by atoms with Gasteiger partial charge in [-0.1, -0.05) is 31.4 Å². The van der Waals surface area contributed by atoms with Gasteiger partial charge in [-0.05, 0) is 30.4 Å². The van der Waals surface area contributed by atoms with Crippen molar-refractivity contribution in [2.45, 2.75) is 32.6 Å². The largest absolute Gasteiger partial charge is 0.351 e. The highest BCUT2D eigenvalue weighted by atomic mass is 35.5. The van der Waals surface area contributed by atoms with E-state index in [0.29, 0.717) is 10.7 Å². The number of pyridine rings is 1. The molecule has 1 aliphatic rings. The first-order valence-corrected chi connectivity index (χ1v) is 6.37. The Morgan fingerprint density at radius 3 is 2.76 bits per heavy atom. The predicted molar refractivity (Wildman–Crippen MR) is 68.2 cm³/mol. The standard InChI is InChI=1S/C13H17ClN2O/c1-13(6-2-3-7-13)9-16-12(17)10-4-5-11(14)15-8-10/h4-5,8H,2-3,6-7,9H2,1H3,(H,16,17). The molecular weight excluding hydrogens is 236 g/mol. The molecule has 0 spiro atoms. The van der Waals surface area contributed by atoms with Crippen LogP contribution in [0.25, 0.3) is 0 Å². The van der Waals surface area contributed by atoms with Crippen LogP contribution in [0.1, 0.15) is 43.0 Å². The second kappa shape index (κ2) is 5.05. The zero-order chi connectivity index (χ0) is 12.3. The molecule has 4 heteroatoms. The lowest BCUT2D eigenvalue weighted by molar-refractivity contribution is 0.0934. The number of rotatable bonds is 3. The summed E-state index contributed by atoms with van der Waals surface area (Å²) in [6, 6.07) is 3.33. The molecule has 1 fully saturated rings. The molecule has 1 amide bonds. The molecule has 1 heterocycles. The van der Waals surface area contributed by atoms with Crippen LogP contribution in [0.3, 0.4) is 0 Å². The predicted octanol–water partition coefficient (Wildman–Crippen LogP) is 3.05. The maximum atomic E-state index is 11.9. The Bertz CT molecular complexity index is 396. The Labute approximate surface area is 107 Å². The van der Waals surface area contributed by atoms with Crippen LogP contribution in [-0.2, 0) is 0 Å². The summed E-state index contributed by atoms with van der Waals surface area (Å²) < 4.78 is 0. The van der Waals surface area contributed by atoms with Crippen LogP contribution in [0.5, 0.6) is 0 Å². The molecule has 0 saturated heterocycles. The number of nitrogens with one attached hydrogen (secondary N) is 1. The SMILES string of the molecule is CC1(CNC(=O)c2ccc(Cl)nc2)CCCC1. The first-order chi connectivity index (χ1) is 8.09. The minimum atomic E-state index is -0.0673. The Balaban J connectivity index is 1.91. The molecule has 0 radical (unpaired) electrons. The second-order valence-electron chi connectivity index (χ2n) is 5.07. The fourth-order valence-electron chi connectivity index (χ4n) is 2.31. The van der Waals surface area contributed by atoms with Crippen molar-refractivity contribution in [3.05, 3.63) is 29.0 Å². The van der Waals surface area contributed by atoms with Crippen LogP contribution in [0, 0.1) is 5.41 Å². The quantitative estimate of drug-likeness (QED) is 0.841. The van der Waals surface area contributed by atoms with Crippen molar-refractivity contribution in [3.63, 3.8) is 0 Å². The van der Waals surface area contributed by atoms with Crippen molar-refractivity contribution in [3.8, 4) is 0 Å². The fourth-order valence-corrected chi connectivity index (χ4v) is 2.42. The topological polar surface area (TPSA) is 42.0 Å². The van der Waals surface area contributed by atoms with Gasteiger partial charge in [-0.25, -0.2) is 4.98 Å². The second-order valence-corrected chi connectivity index (χ2v) is 5.46. The van der Waals surface area contributed by atoms with E-state index in [2.05, 4.69) is 17.2 Å². The summed E-state index contributed by atoms with van der Waals surface area (Å²) in [5, 5.41) is 3.39. The van der Waals surface area contributed by atoms with E-state index < -0.39 is 0 Å². The Morgan fingerprint density at radius 1 is 1.47 bits per heavy atom. The molecular formula is C13H17ClN2O. The molecule has 0 bridgehead atoms. The van der Waals surface area contributed by atoms with Crippen LogP contribution in [0.4, 0.5) is 0 Å². The van der Waals surface area contributed by atoms with Crippen molar-refractivity contribution in [1.29, 1.82) is 0 Å². The molecule has 1 aromatic heterocycles. The zero-order valence-corrected chi connectivity index (χ0v) is 10.8. The average Bonchev–Trinajstić information content (AvgIpc) is 2.75. The van der Waals surface area contributed by atoms with Crippen LogP contribution < -0.4 is 5.32 Å². The third-order valence-electron chi connectivity index (χ3n) is 3.48. The Hall–Kier alpha value is -1.09. The number of carbonyl (C=O) groups excluding carboxylic acids is 1. The summed E-state index contributed by atoms with van der Waals surface area (Å²) in [6.07, 6.45) is 6.46. The van der Waals surface area contributed by atoms with Gasteiger partial charge in [-0.2, -0.15) is 0 Å². The van der Waals surface area contributed by atoms with E-state index in [0.717, 1.165) is 6.54 Å². The summed E-state index contributed by atoms with van der Waals surface area (Å²) in [7, 11) is 0. The molecule has 1 saturated carbocycles. The van der Waals surface area contributed by atoms with Gasteiger partial charge in [0.2, 0.25) is 0 Å². The summed E-state index contributed by atoms with van der Waals surface area (Å²) in [4.78, 5) is 15.8. The van der Waals surface area contributed by atoms with E-state index in [4.69, 9.17) is 11.6 Å². The fraction of sp³-hybridized carbons (Fsp3) is 0.538. The molecule has 92 valence electrons. The highest BCUT2D eigenvalue weighted by Crippen LogP contribution is 2.36. The van der Waals surface area contributed by atoms with E-state index >= 15 is 0 Å². The number of halogens is 1. The Kier molecular flexibility index (Phi) is 3.67. The maximum absolute atomic E-state index is 11.9. The lowest BCUT2D eigenvalue weighted by Crippen LogP contribution is -2.34. The maximum Gasteiger partial charge on any atom is 0.252 e. The molecule has 0 unspecified atom stereocenters. The lowest BCUT2D eigenvalue weighted by atomic mass is 9.89. The molecule has 0 atom stereocenters. The number of hydrogen-bond acceptors (Lipinski definition) is 2. The Morgan fingerprint density at radius 2 is 2.18 bits per heavy atom. The monoisotopic (exact) mass is 252 g/mol. The first-order valence-electron chi connectivity index (χ1n) is 5.99. The van der Waals surface area contributed by atoms with Gasteiger partial charge < -0.3 is 5.32 Å². The lowest BCUT2D eigenvalue weighted by Gasteiger charge is -2.23. The zero-order valence-electron chi connectivity index (χ0n) is 10.0. The number of amides is 1. The van der Waals surface area contributed by atoms with E-state index in [1.54, 1.807) is 12.1 Å². The summed E-state index contributed by atoms with van der Waals surface area (Å²) in [5.74, 6) is -0.0673. The first kappa shape index (κ1) is 12.4. The van der Waals surface area contributed by atoms with Gasteiger partial charge in [0.15, 0.2) is 0 Å². The van der Waals surface area contributed by atoms with Crippen LogP contribution in [0.15, 0.2) is 18.3 Å². The minimum Gasteiger partial charge on any atom is -0.351 e. The average molecular weight is 253 g/mol. The number of aromatic nitrogens is 1. The third kappa shape index (κ3) is 3.19. The van der Waals surface area contributed by atoms with Gasteiger partial charge >= 0.3 is 0 Å². The van der Waals surface area contributed by atoms with Crippen molar-refractivity contribution >= 4 is 17.5 Å².